The lowest BCUT2D eigenvalue weighted by Gasteiger charge is -2.28. The zero-order chi connectivity index (χ0) is 12.0. The van der Waals surface area contributed by atoms with Gasteiger partial charge < -0.3 is 10.6 Å². The number of rotatable bonds is 6. The van der Waals surface area contributed by atoms with E-state index in [-0.39, 0.29) is 0 Å². The highest BCUT2D eigenvalue weighted by Crippen LogP contribution is 2.16. The third kappa shape index (κ3) is 3.72. The van der Waals surface area contributed by atoms with E-state index in [4.69, 9.17) is 5.73 Å². The van der Waals surface area contributed by atoms with E-state index in [1.807, 2.05) is 18.2 Å². The lowest BCUT2D eigenvalue weighted by Crippen LogP contribution is -2.32. The first-order valence-corrected chi connectivity index (χ1v) is 6.14. The SMILES string of the molecule is CCCCCN(c1cccc(N)n1)C(C)C. The van der Waals surface area contributed by atoms with Gasteiger partial charge in [-0.05, 0) is 32.4 Å². The Morgan fingerprint density at radius 2 is 2.06 bits per heavy atom. The average molecular weight is 221 g/mol. The van der Waals surface area contributed by atoms with Crippen molar-refractivity contribution >= 4 is 11.6 Å². The Morgan fingerprint density at radius 1 is 1.31 bits per heavy atom. The first kappa shape index (κ1) is 12.8. The molecule has 0 spiro atoms. The van der Waals surface area contributed by atoms with Gasteiger partial charge in [0.05, 0.1) is 0 Å². The molecule has 0 aliphatic carbocycles. The maximum absolute atomic E-state index is 5.71. The standard InChI is InChI=1S/C13H23N3/c1-4-5-6-10-16(11(2)3)13-9-7-8-12(14)15-13/h7-9,11H,4-6,10H2,1-3H3,(H2,14,15). The molecule has 16 heavy (non-hydrogen) atoms. The molecular weight excluding hydrogens is 198 g/mol. The number of nitrogens with two attached hydrogens (primary N) is 1. The molecule has 1 aromatic heterocycles. The molecule has 0 radical (unpaired) electrons. The Labute approximate surface area is 98.7 Å². The van der Waals surface area contributed by atoms with Gasteiger partial charge in [0.2, 0.25) is 0 Å². The Bertz CT molecular complexity index is 310. The Balaban J connectivity index is 2.69. The predicted molar refractivity (Wildman–Crippen MR) is 70.7 cm³/mol. The molecule has 0 fully saturated rings. The molecule has 1 heterocycles. The van der Waals surface area contributed by atoms with Crippen molar-refractivity contribution in [2.45, 2.75) is 46.1 Å². The summed E-state index contributed by atoms with van der Waals surface area (Å²) < 4.78 is 0. The van der Waals surface area contributed by atoms with Crippen LogP contribution < -0.4 is 10.6 Å². The summed E-state index contributed by atoms with van der Waals surface area (Å²) >= 11 is 0. The topological polar surface area (TPSA) is 42.1 Å². The molecule has 0 saturated heterocycles. The summed E-state index contributed by atoms with van der Waals surface area (Å²) in [5.41, 5.74) is 5.71. The zero-order valence-electron chi connectivity index (χ0n) is 10.6. The summed E-state index contributed by atoms with van der Waals surface area (Å²) in [6.07, 6.45) is 3.73. The fraction of sp³-hybridized carbons (Fsp3) is 0.615. The number of pyridine rings is 1. The number of nitrogens with zero attached hydrogens (tertiary/aromatic N) is 2. The zero-order valence-corrected chi connectivity index (χ0v) is 10.6. The maximum Gasteiger partial charge on any atom is 0.131 e. The van der Waals surface area contributed by atoms with Crippen LogP contribution in [-0.2, 0) is 0 Å². The highest BCUT2D eigenvalue weighted by atomic mass is 15.2. The first-order chi connectivity index (χ1) is 7.65. The second-order valence-electron chi connectivity index (χ2n) is 4.41. The predicted octanol–water partition coefficient (Wildman–Crippen LogP) is 3.07. The minimum atomic E-state index is 0.464. The van der Waals surface area contributed by atoms with Gasteiger partial charge in [0.15, 0.2) is 0 Å². The molecule has 3 heteroatoms. The quantitative estimate of drug-likeness (QED) is 0.751. The van der Waals surface area contributed by atoms with E-state index >= 15 is 0 Å². The lowest BCUT2D eigenvalue weighted by molar-refractivity contribution is 0.620. The number of aromatic nitrogens is 1. The van der Waals surface area contributed by atoms with E-state index < -0.39 is 0 Å². The van der Waals surface area contributed by atoms with E-state index in [1.165, 1.54) is 19.3 Å². The van der Waals surface area contributed by atoms with Crippen LogP contribution in [0.25, 0.3) is 0 Å². The first-order valence-electron chi connectivity index (χ1n) is 6.14. The van der Waals surface area contributed by atoms with Gasteiger partial charge in [0, 0.05) is 12.6 Å². The van der Waals surface area contributed by atoms with Crippen molar-refractivity contribution in [3.05, 3.63) is 18.2 Å². The number of hydrogen-bond acceptors (Lipinski definition) is 3. The minimum Gasteiger partial charge on any atom is -0.384 e. The van der Waals surface area contributed by atoms with Crippen molar-refractivity contribution < 1.29 is 0 Å². The molecule has 0 atom stereocenters. The van der Waals surface area contributed by atoms with Crippen LogP contribution in [-0.4, -0.2) is 17.6 Å². The molecule has 0 unspecified atom stereocenters. The van der Waals surface area contributed by atoms with Crippen LogP contribution >= 0.6 is 0 Å². The van der Waals surface area contributed by atoms with Gasteiger partial charge in [0.25, 0.3) is 0 Å². The fourth-order valence-electron chi connectivity index (χ4n) is 1.77. The highest BCUT2D eigenvalue weighted by Gasteiger charge is 2.11. The van der Waals surface area contributed by atoms with Crippen LogP contribution in [0.2, 0.25) is 0 Å². The van der Waals surface area contributed by atoms with E-state index in [1.54, 1.807) is 0 Å². The van der Waals surface area contributed by atoms with E-state index in [0.29, 0.717) is 11.9 Å². The molecule has 0 bridgehead atoms. The molecule has 1 rings (SSSR count). The van der Waals surface area contributed by atoms with Crippen LogP contribution in [0.5, 0.6) is 0 Å². The Morgan fingerprint density at radius 3 is 2.62 bits per heavy atom. The number of nitrogen functional groups attached to an aromatic ring is 1. The summed E-state index contributed by atoms with van der Waals surface area (Å²) in [6.45, 7) is 7.66. The molecular formula is C13H23N3. The van der Waals surface area contributed by atoms with Crippen LogP contribution in [0.1, 0.15) is 40.0 Å². The number of hydrogen-bond donors (Lipinski definition) is 1. The van der Waals surface area contributed by atoms with Gasteiger partial charge in [-0.15, -0.1) is 0 Å². The number of anilines is 2. The largest absolute Gasteiger partial charge is 0.384 e. The summed E-state index contributed by atoms with van der Waals surface area (Å²) in [4.78, 5) is 6.69. The summed E-state index contributed by atoms with van der Waals surface area (Å²) in [7, 11) is 0. The minimum absolute atomic E-state index is 0.464. The van der Waals surface area contributed by atoms with Crippen LogP contribution in [0.15, 0.2) is 18.2 Å². The van der Waals surface area contributed by atoms with E-state index in [9.17, 15) is 0 Å². The fourth-order valence-corrected chi connectivity index (χ4v) is 1.77. The second kappa shape index (κ2) is 6.36. The molecule has 3 nitrogen and oxygen atoms in total. The van der Waals surface area contributed by atoms with Crippen molar-refractivity contribution in [1.29, 1.82) is 0 Å². The van der Waals surface area contributed by atoms with Crippen molar-refractivity contribution in [3.63, 3.8) is 0 Å². The molecule has 90 valence electrons. The lowest BCUT2D eigenvalue weighted by atomic mass is 10.2. The van der Waals surface area contributed by atoms with Gasteiger partial charge in [0.1, 0.15) is 11.6 Å². The Kier molecular flexibility index (Phi) is 5.09. The van der Waals surface area contributed by atoms with Gasteiger partial charge in [-0.2, -0.15) is 0 Å². The molecule has 0 aromatic carbocycles. The average Bonchev–Trinajstić information content (AvgIpc) is 2.24. The van der Waals surface area contributed by atoms with E-state index in [2.05, 4.69) is 30.7 Å². The summed E-state index contributed by atoms with van der Waals surface area (Å²) in [5, 5.41) is 0. The molecule has 1 aromatic rings. The summed E-state index contributed by atoms with van der Waals surface area (Å²) in [5.74, 6) is 1.59. The Hall–Kier alpha value is -1.25. The number of unbranched alkanes of at least 4 members (excludes halogenated alkanes) is 2. The van der Waals surface area contributed by atoms with Gasteiger partial charge in [-0.1, -0.05) is 25.8 Å². The van der Waals surface area contributed by atoms with Crippen molar-refractivity contribution in [2.75, 3.05) is 17.2 Å². The molecule has 2 N–H and O–H groups in total. The van der Waals surface area contributed by atoms with Gasteiger partial charge in [-0.3, -0.25) is 0 Å². The normalized spacial score (nSPS) is 10.8. The molecule has 0 aliphatic heterocycles. The van der Waals surface area contributed by atoms with Crippen molar-refractivity contribution in [1.82, 2.24) is 4.98 Å². The molecule has 0 amide bonds. The third-order valence-electron chi connectivity index (χ3n) is 2.68. The van der Waals surface area contributed by atoms with Gasteiger partial charge in [-0.25, -0.2) is 4.98 Å². The summed E-state index contributed by atoms with van der Waals surface area (Å²) in [6, 6.07) is 6.29. The van der Waals surface area contributed by atoms with Crippen molar-refractivity contribution in [2.24, 2.45) is 0 Å². The monoisotopic (exact) mass is 221 g/mol. The smallest absolute Gasteiger partial charge is 0.131 e. The third-order valence-corrected chi connectivity index (χ3v) is 2.68. The molecule has 0 saturated carbocycles. The second-order valence-corrected chi connectivity index (χ2v) is 4.41. The van der Waals surface area contributed by atoms with Gasteiger partial charge >= 0.3 is 0 Å². The van der Waals surface area contributed by atoms with Crippen LogP contribution in [0, 0.1) is 0 Å². The molecule has 0 aliphatic rings. The maximum atomic E-state index is 5.71. The highest BCUT2D eigenvalue weighted by molar-refractivity contribution is 5.45. The van der Waals surface area contributed by atoms with Crippen LogP contribution in [0.3, 0.4) is 0 Å². The van der Waals surface area contributed by atoms with E-state index in [0.717, 1.165) is 12.4 Å². The van der Waals surface area contributed by atoms with Crippen molar-refractivity contribution in [3.8, 4) is 0 Å². The van der Waals surface area contributed by atoms with Crippen LogP contribution in [0.4, 0.5) is 11.6 Å².